The first-order valence-corrected chi connectivity index (χ1v) is 10.3. The van der Waals surface area contributed by atoms with Crippen molar-refractivity contribution in [2.24, 2.45) is 0 Å². The van der Waals surface area contributed by atoms with Gasteiger partial charge >= 0.3 is 0 Å². The largest absolute Gasteiger partial charge is 0.493 e. The molecule has 1 aromatic heterocycles. The molecule has 0 aliphatic heterocycles. The van der Waals surface area contributed by atoms with Crippen LogP contribution < -0.4 is 14.8 Å². The Balaban J connectivity index is 1.44. The van der Waals surface area contributed by atoms with Crippen molar-refractivity contribution in [1.29, 1.82) is 0 Å². The van der Waals surface area contributed by atoms with Gasteiger partial charge in [-0.3, -0.25) is 9.48 Å². The van der Waals surface area contributed by atoms with Crippen molar-refractivity contribution >= 4 is 5.91 Å². The second-order valence-corrected chi connectivity index (χ2v) is 7.57. The summed E-state index contributed by atoms with van der Waals surface area (Å²) in [6, 6.07) is 15.9. The highest BCUT2D eigenvalue weighted by Crippen LogP contribution is 2.31. The number of rotatable bonds is 7. The van der Waals surface area contributed by atoms with Crippen LogP contribution in [0, 0.1) is 0 Å². The molecule has 0 saturated heterocycles. The van der Waals surface area contributed by atoms with E-state index >= 15 is 0 Å². The number of carbonyl (C=O) groups excluding carboxylic acids is 1. The molecule has 1 amide bonds. The van der Waals surface area contributed by atoms with E-state index in [1.807, 2.05) is 42.6 Å². The Morgan fingerprint density at radius 3 is 2.67 bits per heavy atom. The second kappa shape index (κ2) is 9.03. The smallest absolute Gasteiger partial charge is 0.224 e. The Morgan fingerprint density at radius 1 is 1.10 bits per heavy atom. The average Bonchev–Trinajstić information content (AvgIpc) is 3.18. The number of benzene rings is 2. The Bertz CT molecular complexity index is 1010. The number of nitrogens with zero attached hydrogens (tertiary/aromatic N) is 2. The van der Waals surface area contributed by atoms with E-state index in [-0.39, 0.29) is 11.9 Å². The van der Waals surface area contributed by atoms with Crippen molar-refractivity contribution in [3.63, 3.8) is 0 Å². The third-order valence-corrected chi connectivity index (χ3v) is 5.59. The highest BCUT2D eigenvalue weighted by atomic mass is 16.5. The van der Waals surface area contributed by atoms with E-state index in [2.05, 4.69) is 27.2 Å². The molecule has 1 aliphatic carbocycles. The van der Waals surface area contributed by atoms with Crippen LogP contribution in [0.25, 0.3) is 0 Å². The maximum Gasteiger partial charge on any atom is 0.224 e. The van der Waals surface area contributed by atoms with Gasteiger partial charge in [0.25, 0.3) is 0 Å². The van der Waals surface area contributed by atoms with Gasteiger partial charge in [0.2, 0.25) is 5.91 Å². The molecule has 0 saturated carbocycles. The van der Waals surface area contributed by atoms with Crippen molar-refractivity contribution in [2.45, 2.75) is 38.3 Å². The van der Waals surface area contributed by atoms with E-state index in [4.69, 9.17) is 9.47 Å². The van der Waals surface area contributed by atoms with Crippen LogP contribution in [-0.4, -0.2) is 29.9 Å². The second-order valence-electron chi connectivity index (χ2n) is 7.57. The van der Waals surface area contributed by atoms with Crippen LogP contribution in [0.3, 0.4) is 0 Å². The van der Waals surface area contributed by atoms with E-state index < -0.39 is 0 Å². The summed E-state index contributed by atoms with van der Waals surface area (Å²) in [7, 11) is 3.20. The minimum absolute atomic E-state index is 0.00382. The van der Waals surface area contributed by atoms with Gasteiger partial charge in [0.15, 0.2) is 11.5 Å². The van der Waals surface area contributed by atoms with Crippen molar-refractivity contribution in [2.75, 3.05) is 14.2 Å². The molecule has 0 fully saturated rings. The van der Waals surface area contributed by atoms with E-state index in [1.54, 1.807) is 14.2 Å². The van der Waals surface area contributed by atoms with Gasteiger partial charge in [0.1, 0.15) is 0 Å². The van der Waals surface area contributed by atoms with Gasteiger partial charge in [-0.2, -0.15) is 5.10 Å². The molecule has 4 rings (SSSR count). The predicted octanol–water partition coefficient (Wildman–Crippen LogP) is 3.68. The molecular weight excluding hydrogens is 378 g/mol. The van der Waals surface area contributed by atoms with Crippen LogP contribution in [-0.2, 0) is 24.2 Å². The summed E-state index contributed by atoms with van der Waals surface area (Å²) >= 11 is 0. The molecule has 6 heteroatoms. The van der Waals surface area contributed by atoms with Crippen LogP contribution in [0.15, 0.2) is 54.7 Å². The van der Waals surface area contributed by atoms with Gasteiger partial charge in [0, 0.05) is 11.3 Å². The Kier molecular flexibility index (Phi) is 6.02. The maximum absolute atomic E-state index is 12.7. The Hall–Kier alpha value is -3.28. The highest BCUT2D eigenvalue weighted by Gasteiger charge is 2.25. The molecule has 156 valence electrons. The molecular formula is C24H27N3O3. The summed E-state index contributed by atoms with van der Waals surface area (Å²) in [6.45, 7) is 0.752. The standard InChI is InChI=1S/C24H27N3O3/c1-29-22-12-11-18(13-23(22)30-2)14-24(28)26-20-9-6-10-21-19(20)15-25-27(21)16-17-7-4-3-5-8-17/h3-5,7-8,11-13,15,20H,6,9-10,14,16H2,1-2H3,(H,26,28)/t20-/m1/s1. The number of nitrogens with one attached hydrogen (secondary N) is 1. The molecule has 0 radical (unpaired) electrons. The predicted molar refractivity (Wildman–Crippen MR) is 115 cm³/mol. The first-order chi connectivity index (χ1) is 14.7. The van der Waals surface area contributed by atoms with Gasteiger partial charge in [-0.05, 0) is 42.5 Å². The molecule has 30 heavy (non-hydrogen) atoms. The van der Waals surface area contributed by atoms with E-state index in [0.717, 1.165) is 36.9 Å². The lowest BCUT2D eigenvalue weighted by molar-refractivity contribution is -0.121. The van der Waals surface area contributed by atoms with Crippen molar-refractivity contribution in [3.8, 4) is 11.5 Å². The van der Waals surface area contributed by atoms with Crippen molar-refractivity contribution < 1.29 is 14.3 Å². The summed E-state index contributed by atoms with van der Waals surface area (Å²) in [5.41, 5.74) is 4.48. The normalized spacial score (nSPS) is 15.3. The number of methoxy groups -OCH3 is 2. The quantitative estimate of drug-likeness (QED) is 0.651. The molecule has 1 aliphatic rings. The lowest BCUT2D eigenvalue weighted by Crippen LogP contribution is -2.32. The van der Waals surface area contributed by atoms with Gasteiger partial charge in [-0.1, -0.05) is 36.4 Å². The first kappa shape index (κ1) is 20.0. The van der Waals surface area contributed by atoms with Gasteiger partial charge in [-0.25, -0.2) is 0 Å². The number of fused-ring (bicyclic) bond motifs is 1. The minimum atomic E-state index is -0.00382. The number of carbonyl (C=O) groups is 1. The highest BCUT2D eigenvalue weighted by molar-refractivity contribution is 5.79. The number of hydrogen-bond acceptors (Lipinski definition) is 4. The van der Waals surface area contributed by atoms with Crippen LogP contribution in [0.1, 0.15) is 41.3 Å². The van der Waals surface area contributed by atoms with Gasteiger partial charge in [0.05, 0.1) is 39.4 Å². The summed E-state index contributed by atoms with van der Waals surface area (Å²) in [5, 5.41) is 7.81. The Labute approximate surface area is 176 Å². The summed E-state index contributed by atoms with van der Waals surface area (Å²) in [4.78, 5) is 12.7. The lowest BCUT2D eigenvalue weighted by atomic mass is 9.92. The average molecular weight is 405 g/mol. The lowest BCUT2D eigenvalue weighted by Gasteiger charge is -2.24. The number of amides is 1. The zero-order valence-electron chi connectivity index (χ0n) is 17.4. The van der Waals surface area contributed by atoms with Crippen LogP contribution in [0.4, 0.5) is 0 Å². The molecule has 6 nitrogen and oxygen atoms in total. The minimum Gasteiger partial charge on any atom is -0.493 e. The topological polar surface area (TPSA) is 65.4 Å². The molecule has 1 atom stereocenters. The molecule has 0 bridgehead atoms. The van der Waals surface area contributed by atoms with Crippen LogP contribution >= 0.6 is 0 Å². The molecule has 3 aromatic rings. The van der Waals surface area contributed by atoms with E-state index in [1.165, 1.54) is 11.3 Å². The monoisotopic (exact) mass is 405 g/mol. The fraction of sp³-hybridized carbons (Fsp3) is 0.333. The maximum atomic E-state index is 12.7. The number of ether oxygens (including phenoxy) is 2. The van der Waals surface area contributed by atoms with Gasteiger partial charge in [-0.15, -0.1) is 0 Å². The van der Waals surface area contributed by atoms with E-state index in [9.17, 15) is 4.79 Å². The van der Waals surface area contributed by atoms with E-state index in [0.29, 0.717) is 17.9 Å². The van der Waals surface area contributed by atoms with Gasteiger partial charge < -0.3 is 14.8 Å². The molecule has 1 heterocycles. The van der Waals surface area contributed by atoms with Crippen LogP contribution in [0.2, 0.25) is 0 Å². The number of aromatic nitrogens is 2. The van der Waals surface area contributed by atoms with Crippen molar-refractivity contribution in [3.05, 3.63) is 77.1 Å². The third kappa shape index (κ3) is 4.32. The number of hydrogen-bond donors (Lipinski definition) is 1. The van der Waals surface area contributed by atoms with Crippen LogP contribution in [0.5, 0.6) is 11.5 Å². The summed E-state index contributed by atoms with van der Waals surface area (Å²) < 4.78 is 12.7. The fourth-order valence-corrected chi connectivity index (χ4v) is 4.08. The van der Waals surface area contributed by atoms with Crippen molar-refractivity contribution in [1.82, 2.24) is 15.1 Å². The molecule has 1 N–H and O–H groups in total. The molecule has 2 aromatic carbocycles. The first-order valence-electron chi connectivity index (χ1n) is 10.3. The Morgan fingerprint density at radius 2 is 1.90 bits per heavy atom. The third-order valence-electron chi connectivity index (χ3n) is 5.59. The fourth-order valence-electron chi connectivity index (χ4n) is 4.08. The molecule has 0 unspecified atom stereocenters. The SMILES string of the molecule is COc1ccc(CC(=O)N[C@@H]2CCCc3c2cnn3Cc2ccccc2)cc1OC. The summed E-state index contributed by atoms with van der Waals surface area (Å²) in [6.07, 6.45) is 5.17. The zero-order valence-corrected chi connectivity index (χ0v) is 17.4. The zero-order chi connectivity index (χ0) is 20.9. The molecule has 0 spiro atoms. The summed E-state index contributed by atoms with van der Waals surface area (Å²) in [5.74, 6) is 1.28.